The number of fused-ring (bicyclic) bond motifs is 1. The van der Waals surface area contributed by atoms with E-state index in [9.17, 15) is 0 Å². The molecule has 0 radical (unpaired) electrons. The molecule has 2 N–H and O–H groups in total. The number of thiazole rings is 1. The Morgan fingerprint density at radius 1 is 1.17 bits per heavy atom. The molecular weight excluding hydrogens is 306 g/mol. The molecule has 4 rings (SSSR count). The Morgan fingerprint density at radius 3 is 2.87 bits per heavy atom. The first kappa shape index (κ1) is 13.9. The van der Waals surface area contributed by atoms with Gasteiger partial charge in [0.1, 0.15) is 0 Å². The van der Waals surface area contributed by atoms with Crippen molar-refractivity contribution >= 4 is 26.7 Å². The Balaban J connectivity index is 1.96. The van der Waals surface area contributed by atoms with Gasteiger partial charge in [0, 0.05) is 36.3 Å². The summed E-state index contributed by atoms with van der Waals surface area (Å²) in [4.78, 5) is 8.93. The lowest BCUT2D eigenvalue weighted by Gasteiger charge is -2.05. The van der Waals surface area contributed by atoms with E-state index in [4.69, 9.17) is 4.98 Å². The van der Waals surface area contributed by atoms with Crippen LogP contribution in [0.2, 0.25) is 0 Å². The third-order valence-corrected chi connectivity index (χ3v) is 4.67. The summed E-state index contributed by atoms with van der Waals surface area (Å²) in [5.74, 6) is 0. The highest BCUT2D eigenvalue weighted by molar-refractivity contribution is 7.22. The zero-order chi connectivity index (χ0) is 15.6. The summed E-state index contributed by atoms with van der Waals surface area (Å²) in [5.41, 5.74) is 5.27. The highest BCUT2D eigenvalue weighted by atomic mass is 32.1. The predicted molar refractivity (Wildman–Crippen MR) is 94.6 cm³/mol. The Bertz CT molecular complexity index is 928. The van der Waals surface area contributed by atoms with Crippen LogP contribution in [0.3, 0.4) is 0 Å². The van der Waals surface area contributed by atoms with Crippen molar-refractivity contribution in [3.8, 4) is 22.4 Å². The summed E-state index contributed by atoms with van der Waals surface area (Å²) in [6.45, 7) is 2.93. The van der Waals surface area contributed by atoms with Crippen LogP contribution < -0.4 is 5.32 Å². The minimum atomic E-state index is 0.856. The number of benzene rings is 1. The van der Waals surface area contributed by atoms with Gasteiger partial charge in [-0.05, 0) is 36.8 Å². The molecule has 4 aromatic rings. The Kier molecular flexibility index (Phi) is 3.51. The van der Waals surface area contributed by atoms with Crippen LogP contribution in [-0.2, 0) is 0 Å². The lowest BCUT2D eigenvalue weighted by molar-refractivity contribution is 1.10. The molecule has 0 aliphatic rings. The Hall–Kier alpha value is -2.73. The molecule has 0 spiro atoms. The first-order chi connectivity index (χ1) is 11.3. The number of aromatic nitrogens is 4. The van der Waals surface area contributed by atoms with Crippen LogP contribution in [0.5, 0.6) is 0 Å². The number of aromatic amines is 1. The number of hydrogen-bond acceptors (Lipinski definition) is 5. The molecule has 5 nitrogen and oxygen atoms in total. The standard InChI is InChI=1S/C17H15N5S/c1-2-19-17-21-15-9-12(11-4-3-6-18-10-11)8-13(16(15)23-17)14-5-7-20-22-14/h3-10H,2H2,1H3,(H,19,21)(H,20,22). The topological polar surface area (TPSA) is 66.5 Å². The second kappa shape index (κ2) is 5.81. The normalized spacial score (nSPS) is 11.0. The second-order valence-corrected chi connectivity index (χ2v) is 6.13. The van der Waals surface area contributed by atoms with E-state index in [-0.39, 0.29) is 0 Å². The van der Waals surface area contributed by atoms with Gasteiger partial charge in [0.25, 0.3) is 0 Å². The van der Waals surface area contributed by atoms with E-state index in [1.54, 1.807) is 23.7 Å². The van der Waals surface area contributed by atoms with Crippen LogP contribution in [-0.4, -0.2) is 26.7 Å². The quantitative estimate of drug-likeness (QED) is 0.592. The summed E-state index contributed by atoms with van der Waals surface area (Å²) in [7, 11) is 0. The molecule has 0 bridgehead atoms. The maximum absolute atomic E-state index is 4.71. The van der Waals surface area contributed by atoms with Crippen LogP contribution in [0.1, 0.15) is 6.92 Å². The monoisotopic (exact) mass is 321 g/mol. The number of pyridine rings is 1. The number of nitrogens with zero attached hydrogens (tertiary/aromatic N) is 3. The molecule has 0 atom stereocenters. The van der Waals surface area contributed by atoms with Crippen molar-refractivity contribution in [2.24, 2.45) is 0 Å². The maximum Gasteiger partial charge on any atom is 0.183 e. The maximum atomic E-state index is 4.71. The minimum absolute atomic E-state index is 0.856. The molecule has 3 aromatic heterocycles. The van der Waals surface area contributed by atoms with Crippen molar-refractivity contribution in [1.82, 2.24) is 20.2 Å². The van der Waals surface area contributed by atoms with E-state index >= 15 is 0 Å². The van der Waals surface area contributed by atoms with Gasteiger partial charge in [0.2, 0.25) is 0 Å². The zero-order valence-corrected chi connectivity index (χ0v) is 13.4. The highest BCUT2D eigenvalue weighted by Gasteiger charge is 2.13. The summed E-state index contributed by atoms with van der Waals surface area (Å²) >= 11 is 1.66. The van der Waals surface area contributed by atoms with Gasteiger partial charge in [-0.3, -0.25) is 10.1 Å². The van der Waals surface area contributed by atoms with Gasteiger partial charge in [-0.25, -0.2) is 4.98 Å². The zero-order valence-electron chi connectivity index (χ0n) is 12.6. The summed E-state index contributed by atoms with van der Waals surface area (Å²) in [5, 5.41) is 11.4. The van der Waals surface area contributed by atoms with E-state index in [1.807, 2.05) is 18.3 Å². The fourth-order valence-corrected chi connectivity index (χ4v) is 3.61. The lowest BCUT2D eigenvalue weighted by atomic mass is 10.0. The van der Waals surface area contributed by atoms with Crippen molar-refractivity contribution in [2.75, 3.05) is 11.9 Å². The first-order valence-corrected chi connectivity index (χ1v) is 8.25. The first-order valence-electron chi connectivity index (χ1n) is 7.44. The third-order valence-electron chi connectivity index (χ3n) is 3.60. The number of anilines is 1. The fraction of sp³-hybridized carbons (Fsp3) is 0.118. The van der Waals surface area contributed by atoms with E-state index in [0.29, 0.717) is 0 Å². The average Bonchev–Trinajstić information content (AvgIpc) is 3.24. The van der Waals surface area contributed by atoms with E-state index in [1.165, 1.54) is 0 Å². The van der Waals surface area contributed by atoms with Gasteiger partial charge in [-0.1, -0.05) is 17.4 Å². The van der Waals surface area contributed by atoms with Gasteiger partial charge in [0.15, 0.2) is 5.13 Å². The predicted octanol–water partition coefficient (Wildman–Crippen LogP) is 4.18. The van der Waals surface area contributed by atoms with Crippen molar-refractivity contribution in [2.45, 2.75) is 6.92 Å². The largest absolute Gasteiger partial charge is 0.362 e. The molecule has 0 aliphatic heterocycles. The number of H-pyrrole nitrogens is 1. The molecular formula is C17H15N5S. The van der Waals surface area contributed by atoms with E-state index in [0.717, 1.165) is 44.3 Å². The van der Waals surface area contributed by atoms with E-state index in [2.05, 4.69) is 45.6 Å². The molecule has 0 unspecified atom stereocenters. The highest BCUT2D eigenvalue weighted by Crippen LogP contribution is 2.37. The molecule has 114 valence electrons. The number of hydrogen-bond donors (Lipinski definition) is 2. The van der Waals surface area contributed by atoms with Crippen LogP contribution in [0, 0.1) is 0 Å². The molecule has 0 fully saturated rings. The van der Waals surface area contributed by atoms with Gasteiger partial charge < -0.3 is 5.32 Å². The average molecular weight is 321 g/mol. The van der Waals surface area contributed by atoms with Crippen LogP contribution >= 0.6 is 11.3 Å². The minimum Gasteiger partial charge on any atom is -0.362 e. The number of rotatable bonds is 4. The molecule has 0 aliphatic carbocycles. The summed E-state index contributed by atoms with van der Waals surface area (Å²) in [6.07, 6.45) is 5.42. The molecule has 3 heterocycles. The second-order valence-electron chi connectivity index (χ2n) is 5.13. The molecule has 0 saturated carbocycles. The van der Waals surface area contributed by atoms with Crippen molar-refractivity contribution in [3.63, 3.8) is 0 Å². The van der Waals surface area contributed by atoms with Crippen LogP contribution in [0.15, 0.2) is 48.9 Å². The lowest BCUT2D eigenvalue weighted by Crippen LogP contribution is -1.94. The van der Waals surface area contributed by atoms with Gasteiger partial charge in [-0.15, -0.1) is 0 Å². The van der Waals surface area contributed by atoms with Crippen molar-refractivity contribution in [3.05, 3.63) is 48.9 Å². The number of nitrogens with one attached hydrogen (secondary N) is 2. The summed E-state index contributed by atoms with van der Waals surface area (Å²) in [6, 6.07) is 10.3. The van der Waals surface area contributed by atoms with E-state index < -0.39 is 0 Å². The van der Waals surface area contributed by atoms with Crippen LogP contribution in [0.25, 0.3) is 32.6 Å². The Morgan fingerprint density at radius 2 is 2.13 bits per heavy atom. The smallest absolute Gasteiger partial charge is 0.183 e. The molecule has 0 amide bonds. The molecule has 1 aromatic carbocycles. The molecule has 0 saturated heterocycles. The van der Waals surface area contributed by atoms with Gasteiger partial charge >= 0.3 is 0 Å². The van der Waals surface area contributed by atoms with Crippen molar-refractivity contribution < 1.29 is 0 Å². The third kappa shape index (κ3) is 2.57. The Labute approximate surface area is 137 Å². The molecule has 6 heteroatoms. The summed E-state index contributed by atoms with van der Waals surface area (Å²) < 4.78 is 1.15. The van der Waals surface area contributed by atoms with Crippen molar-refractivity contribution in [1.29, 1.82) is 0 Å². The fourth-order valence-electron chi connectivity index (χ4n) is 2.57. The van der Waals surface area contributed by atoms with Crippen LogP contribution in [0.4, 0.5) is 5.13 Å². The SMILES string of the molecule is CCNc1nc2cc(-c3cccnc3)cc(-c3ccn[nH]3)c2s1. The van der Waals surface area contributed by atoms with Gasteiger partial charge in [0.05, 0.1) is 15.9 Å². The van der Waals surface area contributed by atoms with Gasteiger partial charge in [-0.2, -0.15) is 5.10 Å². The molecule has 23 heavy (non-hydrogen) atoms.